The van der Waals surface area contributed by atoms with Crippen LogP contribution in [0.25, 0.3) is 0 Å². The van der Waals surface area contributed by atoms with Crippen molar-refractivity contribution in [2.75, 3.05) is 46.4 Å². The maximum absolute atomic E-state index is 12.7. The first-order valence-corrected chi connectivity index (χ1v) is 9.14. The average Bonchev–Trinajstić information content (AvgIpc) is 3.09. The molecule has 1 unspecified atom stereocenters. The van der Waals surface area contributed by atoms with E-state index in [9.17, 15) is 8.42 Å². The smallest absolute Gasteiger partial charge is 0.243 e. The van der Waals surface area contributed by atoms with Crippen LogP contribution in [-0.2, 0) is 10.0 Å². The number of nitrogens with one attached hydrogen (secondary N) is 1. The molecular formula is C15H24ClN3O3S. The Bertz CT molecular complexity index is 595. The maximum atomic E-state index is 12.7. The van der Waals surface area contributed by atoms with E-state index in [1.165, 1.54) is 0 Å². The predicted molar refractivity (Wildman–Crippen MR) is 91.8 cm³/mol. The summed E-state index contributed by atoms with van der Waals surface area (Å²) in [4.78, 5) is 2.74. The Morgan fingerprint density at radius 3 is 2.30 bits per heavy atom. The highest BCUT2D eigenvalue weighted by molar-refractivity contribution is 7.89. The van der Waals surface area contributed by atoms with E-state index in [1.54, 1.807) is 35.7 Å². The van der Waals surface area contributed by atoms with Gasteiger partial charge in [-0.2, -0.15) is 4.31 Å². The molecule has 0 bridgehead atoms. The first-order chi connectivity index (χ1) is 10.6. The fourth-order valence-corrected chi connectivity index (χ4v) is 4.58. The second-order valence-electron chi connectivity index (χ2n) is 5.76. The fraction of sp³-hybridized carbons (Fsp3) is 0.600. The van der Waals surface area contributed by atoms with Crippen molar-refractivity contribution in [3.8, 4) is 5.75 Å². The molecule has 1 atom stereocenters. The fourth-order valence-electron chi connectivity index (χ4n) is 3.16. The first-order valence-electron chi connectivity index (χ1n) is 7.70. The average molecular weight is 362 g/mol. The van der Waals surface area contributed by atoms with Crippen molar-refractivity contribution in [3.05, 3.63) is 24.3 Å². The monoisotopic (exact) mass is 361 g/mol. The highest BCUT2D eigenvalue weighted by Crippen LogP contribution is 2.21. The molecule has 2 aliphatic heterocycles. The van der Waals surface area contributed by atoms with Crippen LogP contribution in [0.3, 0.4) is 0 Å². The van der Waals surface area contributed by atoms with Gasteiger partial charge in [0.05, 0.1) is 12.0 Å². The van der Waals surface area contributed by atoms with Crippen molar-refractivity contribution in [2.24, 2.45) is 0 Å². The van der Waals surface area contributed by atoms with Crippen molar-refractivity contribution < 1.29 is 13.2 Å². The lowest BCUT2D eigenvalue weighted by Gasteiger charge is -2.37. The summed E-state index contributed by atoms with van der Waals surface area (Å²) in [6, 6.07) is 7.16. The Morgan fingerprint density at radius 2 is 1.78 bits per heavy atom. The molecule has 1 aromatic rings. The minimum atomic E-state index is -3.40. The second kappa shape index (κ2) is 7.81. The van der Waals surface area contributed by atoms with Gasteiger partial charge in [-0.15, -0.1) is 12.4 Å². The Kier molecular flexibility index (Phi) is 6.27. The zero-order chi connectivity index (χ0) is 15.6. The highest BCUT2D eigenvalue weighted by atomic mass is 35.5. The minimum absolute atomic E-state index is 0. The molecule has 8 heteroatoms. The van der Waals surface area contributed by atoms with Gasteiger partial charge in [-0.25, -0.2) is 8.42 Å². The minimum Gasteiger partial charge on any atom is -0.497 e. The molecule has 0 aliphatic carbocycles. The van der Waals surface area contributed by atoms with Gasteiger partial charge >= 0.3 is 0 Å². The van der Waals surface area contributed by atoms with Gasteiger partial charge in [-0.05, 0) is 37.2 Å². The molecule has 0 amide bonds. The molecule has 0 radical (unpaired) electrons. The summed E-state index contributed by atoms with van der Waals surface area (Å²) in [5.74, 6) is 0.664. The van der Waals surface area contributed by atoms with Gasteiger partial charge in [-0.3, -0.25) is 4.90 Å². The van der Waals surface area contributed by atoms with Crippen LogP contribution in [-0.4, -0.2) is 70.0 Å². The third-order valence-corrected chi connectivity index (χ3v) is 6.43. The van der Waals surface area contributed by atoms with E-state index in [0.29, 0.717) is 29.8 Å². The molecule has 23 heavy (non-hydrogen) atoms. The number of methoxy groups -OCH3 is 1. The summed E-state index contributed by atoms with van der Waals surface area (Å²) >= 11 is 0. The van der Waals surface area contributed by atoms with E-state index in [4.69, 9.17) is 4.74 Å². The molecule has 1 aromatic carbocycles. The number of piperazine rings is 1. The topological polar surface area (TPSA) is 61.9 Å². The van der Waals surface area contributed by atoms with E-state index in [2.05, 4.69) is 10.2 Å². The molecular weight excluding hydrogens is 338 g/mol. The largest absolute Gasteiger partial charge is 0.497 e. The van der Waals surface area contributed by atoms with Gasteiger partial charge in [-0.1, -0.05) is 0 Å². The van der Waals surface area contributed by atoms with Gasteiger partial charge in [0.1, 0.15) is 5.75 Å². The summed E-state index contributed by atoms with van der Waals surface area (Å²) in [7, 11) is -1.83. The second-order valence-corrected chi connectivity index (χ2v) is 7.70. The molecule has 0 aromatic heterocycles. The number of sulfonamides is 1. The Balaban J connectivity index is 0.00000192. The van der Waals surface area contributed by atoms with Crippen molar-refractivity contribution in [1.82, 2.24) is 14.5 Å². The molecule has 1 N–H and O–H groups in total. The van der Waals surface area contributed by atoms with E-state index in [1.807, 2.05) is 0 Å². The molecule has 6 nitrogen and oxygen atoms in total. The lowest BCUT2D eigenvalue weighted by Crippen LogP contribution is -2.52. The molecule has 130 valence electrons. The van der Waals surface area contributed by atoms with Crippen LogP contribution in [0, 0.1) is 0 Å². The summed E-state index contributed by atoms with van der Waals surface area (Å²) in [6.07, 6.45) is 1.16. The quantitative estimate of drug-likeness (QED) is 0.859. The van der Waals surface area contributed by atoms with Crippen LogP contribution in [0.5, 0.6) is 5.75 Å². The van der Waals surface area contributed by atoms with Crippen LogP contribution in [0.2, 0.25) is 0 Å². The summed E-state index contributed by atoms with van der Waals surface area (Å²) < 4.78 is 32.0. The van der Waals surface area contributed by atoms with Gasteiger partial charge < -0.3 is 10.1 Å². The number of nitrogens with zero attached hydrogens (tertiary/aromatic N) is 2. The molecule has 0 spiro atoms. The summed E-state index contributed by atoms with van der Waals surface area (Å²) in [5, 5.41) is 3.36. The number of ether oxygens (including phenoxy) is 1. The van der Waals surface area contributed by atoms with Crippen molar-refractivity contribution >= 4 is 22.4 Å². The normalized spacial score (nSPS) is 23.4. The summed E-state index contributed by atoms with van der Waals surface area (Å²) in [5.41, 5.74) is 0. The lowest BCUT2D eigenvalue weighted by atomic mass is 10.2. The molecule has 2 fully saturated rings. The van der Waals surface area contributed by atoms with E-state index in [-0.39, 0.29) is 12.4 Å². The molecule has 2 saturated heterocycles. The Hall–Kier alpha value is -0.860. The van der Waals surface area contributed by atoms with Gasteiger partial charge in [0, 0.05) is 38.8 Å². The van der Waals surface area contributed by atoms with E-state index in [0.717, 1.165) is 32.6 Å². The Morgan fingerprint density at radius 1 is 1.13 bits per heavy atom. The zero-order valence-corrected chi connectivity index (χ0v) is 14.9. The van der Waals surface area contributed by atoms with Gasteiger partial charge in [0.2, 0.25) is 10.0 Å². The zero-order valence-electron chi connectivity index (χ0n) is 13.3. The SMILES string of the molecule is COc1ccc(S(=O)(=O)N2CCN(C3CCNC3)CC2)cc1.Cl. The molecule has 0 saturated carbocycles. The Labute approximate surface area is 144 Å². The molecule has 3 rings (SSSR count). The standard InChI is InChI=1S/C15H23N3O3S.ClH/c1-21-14-2-4-15(5-3-14)22(19,20)18-10-8-17(9-11-18)13-6-7-16-12-13;/h2-5,13,16H,6-12H2,1H3;1H. The van der Waals surface area contributed by atoms with Crippen LogP contribution in [0.15, 0.2) is 29.2 Å². The maximum Gasteiger partial charge on any atom is 0.243 e. The number of hydrogen-bond donors (Lipinski definition) is 1. The van der Waals surface area contributed by atoms with Crippen LogP contribution >= 0.6 is 12.4 Å². The lowest BCUT2D eigenvalue weighted by molar-refractivity contribution is 0.145. The molecule has 2 heterocycles. The van der Waals surface area contributed by atoms with Gasteiger partial charge in [0.15, 0.2) is 0 Å². The number of benzene rings is 1. The highest BCUT2D eigenvalue weighted by Gasteiger charge is 2.31. The van der Waals surface area contributed by atoms with E-state index >= 15 is 0 Å². The van der Waals surface area contributed by atoms with Crippen LogP contribution < -0.4 is 10.1 Å². The number of hydrogen-bond acceptors (Lipinski definition) is 5. The number of halogens is 1. The van der Waals surface area contributed by atoms with Crippen molar-refractivity contribution in [1.29, 1.82) is 0 Å². The van der Waals surface area contributed by atoms with E-state index < -0.39 is 10.0 Å². The third kappa shape index (κ3) is 3.97. The first kappa shape index (κ1) is 18.5. The van der Waals surface area contributed by atoms with Gasteiger partial charge in [0.25, 0.3) is 0 Å². The van der Waals surface area contributed by atoms with Crippen molar-refractivity contribution in [3.63, 3.8) is 0 Å². The van der Waals surface area contributed by atoms with Crippen LogP contribution in [0.1, 0.15) is 6.42 Å². The number of rotatable bonds is 4. The third-order valence-electron chi connectivity index (χ3n) is 4.52. The van der Waals surface area contributed by atoms with Crippen LogP contribution in [0.4, 0.5) is 0 Å². The predicted octanol–water partition coefficient (Wildman–Crippen LogP) is 0.785. The molecule has 2 aliphatic rings. The summed E-state index contributed by atoms with van der Waals surface area (Å²) in [6.45, 7) is 4.82. The van der Waals surface area contributed by atoms with Crippen molar-refractivity contribution in [2.45, 2.75) is 17.4 Å².